The predicted octanol–water partition coefficient (Wildman–Crippen LogP) is 0.849. The molecule has 1 saturated carbocycles. The van der Waals surface area contributed by atoms with Crippen molar-refractivity contribution in [2.45, 2.75) is 26.3 Å². The second-order valence-corrected chi connectivity index (χ2v) is 6.14. The molecule has 8 heteroatoms. The maximum absolute atomic E-state index is 11.6. The highest BCUT2D eigenvalue weighted by Gasteiger charge is 2.28. The molecule has 1 amide bonds. The standard InChI is InChI=1S/C18H25N7O/c1-2-19-18(21-11-10-20-17(26)14-8-9-14)22-12-16-24-23-13-25(16)15-6-4-3-5-7-15/h3-7,13-14H,2,8-12H2,1H3,(H,20,26)(H2,19,21,22). The number of aromatic nitrogens is 3. The third-order valence-electron chi connectivity index (χ3n) is 4.04. The Morgan fingerprint density at radius 2 is 1.96 bits per heavy atom. The van der Waals surface area contributed by atoms with Gasteiger partial charge in [-0.1, -0.05) is 18.2 Å². The number of guanidine groups is 1. The van der Waals surface area contributed by atoms with Crippen molar-refractivity contribution < 1.29 is 4.79 Å². The molecular formula is C18H25N7O. The maximum Gasteiger partial charge on any atom is 0.223 e. The van der Waals surface area contributed by atoms with Crippen LogP contribution in [0.25, 0.3) is 5.69 Å². The Kier molecular flexibility index (Phi) is 6.19. The smallest absolute Gasteiger partial charge is 0.223 e. The molecule has 3 N–H and O–H groups in total. The summed E-state index contributed by atoms with van der Waals surface area (Å²) < 4.78 is 1.92. The number of carbonyl (C=O) groups is 1. The minimum Gasteiger partial charge on any atom is -0.357 e. The van der Waals surface area contributed by atoms with Gasteiger partial charge in [-0.3, -0.25) is 9.36 Å². The number of amides is 1. The van der Waals surface area contributed by atoms with E-state index < -0.39 is 0 Å². The van der Waals surface area contributed by atoms with Gasteiger partial charge in [0.15, 0.2) is 11.8 Å². The highest BCUT2D eigenvalue weighted by atomic mass is 16.2. The highest BCUT2D eigenvalue weighted by Crippen LogP contribution is 2.28. The van der Waals surface area contributed by atoms with Crippen molar-refractivity contribution >= 4 is 11.9 Å². The summed E-state index contributed by atoms with van der Waals surface area (Å²) in [5.41, 5.74) is 1.00. The molecule has 138 valence electrons. The van der Waals surface area contributed by atoms with E-state index in [9.17, 15) is 4.79 Å². The minimum atomic E-state index is 0.157. The van der Waals surface area contributed by atoms with Gasteiger partial charge in [-0.25, -0.2) is 4.99 Å². The van der Waals surface area contributed by atoms with Crippen LogP contribution in [-0.2, 0) is 11.3 Å². The number of hydrogen-bond donors (Lipinski definition) is 3. The SMILES string of the molecule is CCNC(=NCc1nncn1-c1ccccc1)NCCNC(=O)C1CC1. The number of aliphatic imine (C=N–C) groups is 1. The molecule has 0 aliphatic heterocycles. The Balaban J connectivity index is 1.54. The van der Waals surface area contributed by atoms with Crippen molar-refractivity contribution in [2.24, 2.45) is 10.9 Å². The summed E-state index contributed by atoms with van der Waals surface area (Å²) in [5.74, 6) is 1.84. The van der Waals surface area contributed by atoms with Gasteiger partial charge in [0.05, 0.1) is 0 Å². The molecule has 1 aromatic carbocycles. The zero-order valence-electron chi connectivity index (χ0n) is 15.0. The predicted molar refractivity (Wildman–Crippen MR) is 99.9 cm³/mol. The monoisotopic (exact) mass is 355 g/mol. The van der Waals surface area contributed by atoms with Crippen molar-refractivity contribution in [3.8, 4) is 5.69 Å². The van der Waals surface area contributed by atoms with Crippen LogP contribution >= 0.6 is 0 Å². The molecule has 8 nitrogen and oxygen atoms in total. The molecule has 1 aromatic heterocycles. The zero-order valence-corrected chi connectivity index (χ0v) is 15.0. The second-order valence-electron chi connectivity index (χ2n) is 6.14. The molecule has 0 spiro atoms. The summed E-state index contributed by atoms with van der Waals surface area (Å²) in [5, 5.41) is 17.5. The first-order valence-corrected chi connectivity index (χ1v) is 9.02. The first-order chi connectivity index (χ1) is 12.8. The molecule has 1 aliphatic carbocycles. The quantitative estimate of drug-likeness (QED) is 0.371. The number of para-hydroxylation sites is 1. The van der Waals surface area contributed by atoms with Crippen LogP contribution < -0.4 is 16.0 Å². The summed E-state index contributed by atoms with van der Waals surface area (Å²) in [6.07, 6.45) is 3.73. The van der Waals surface area contributed by atoms with Crippen LogP contribution in [-0.4, -0.2) is 46.3 Å². The average molecular weight is 355 g/mol. The molecule has 26 heavy (non-hydrogen) atoms. The number of benzene rings is 1. The van der Waals surface area contributed by atoms with Gasteiger partial charge in [0.2, 0.25) is 5.91 Å². The number of rotatable bonds is 8. The van der Waals surface area contributed by atoms with Crippen LogP contribution in [0.4, 0.5) is 0 Å². The van der Waals surface area contributed by atoms with E-state index in [-0.39, 0.29) is 11.8 Å². The van der Waals surface area contributed by atoms with Crippen molar-refractivity contribution in [3.63, 3.8) is 0 Å². The first kappa shape index (κ1) is 17.9. The summed E-state index contributed by atoms with van der Waals surface area (Å²) in [4.78, 5) is 16.2. The van der Waals surface area contributed by atoms with Gasteiger partial charge in [-0.15, -0.1) is 10.2 Å². The molecule has 1 heterocycles. The third kappa shape index (κ3) is 5.05. The van der Waals surface area contributed by atoms with Crippen LogP contribution in [0.3, 0.4) is 0 Å². The number of nitrogens with zero attached hydrogens (tertiary/aromatic N) is 4. The summed E-state index contributed by atoms with van der Waals surface area (Å²) >= 11 is 0. The van der Waals surface area contributed by atoms with Crippen LogP contribution in [0, 0.1) is 5.92 Å². The average Bonchev–Trinajstić information content (AvgIpc) is 3.42. The van der Waals surface area contributed by atoms with Gasteiger partial charge < -0.3 is 16.0 Å². The van der Waals surface area contributed by atoms with Crippen molar-refractivity contribution in [3.05, 3.63) is 42.5 Å². The summed E-state index contributed by atoms with van der Waals surface area (Å²) in [6, 6.07) is 9.93. The van der Waals surface area contributed by atoms with E-state index in [1.54, 1.807) is 6.33 Å². The molecule has 1 fully saturated rings. The number of nitrogens with one attached hydrogen (secondary N) is 3. The van der Waals surface area contributed by atoms with Gasteiger partial charge in [0, 0.05) is 31.2 Å². The maximum atomic E-state index is 11.6. The zero-order chi connectivity index (χ0) is 18.2. The van der Waals surface area contributed by atoms with Crippen LogP contribution in [0.15, 0.2) is 41.7 Å². The molecular weight excluding hydrogens is 330 g/mol. The lowest BCUT2D eigenvalue weighted by Gasteiger charge is -2.12. The van der Waals surface area contributed by atoms with Crippen molar-refractivity contribution in [2.75, 3.05) is 19.6 Å². The first-order valence-electron chi connectivity index (χ1n) is 9.02. The fourth-order valence-electron chi connectivity index (χ4n) is 2.52. The van der Waals surface area contributed by atoms with Gasteiger partial charge in [0.25, 0.3) is 0 Å². The summed E-state index contributed by atoms with van der Waals surface area (Å²) in [7, 11) is 0. The molecule has 0 saturated heterocycles. The Morgan fingerprint density at radius 1 is 1.19 bits per heavy atom. The normalized spacial score (nSPS) is 14.1. The van der Waals surface area contributed by atoms with Gasteiger partial charge in [-0.2, -0.15) is 0 Å². The van der Waals surface area contributed by atoms with Gasteiger partial charge in [-0.05, 0) is 31.9 Å². The lowest BCUT2D eigenvalue weighted by atomic mass is 10.3. The molecule has 0 atom stereocenters. The van der Waals surface area contributed by atoms with Crippen molar-refractivity contribution in [1.82, 2.24) is 30.7 Å². The fourth-order valence-corrected chi connectivity index (χ4v) is 2.52. The Morgan fingerprint density at radius 3 is 2.69 bits per heavy atom. The van der Waals surface area contributed by atoms with Crippen LogP contribution in [0.5, 0.6) is 0 Å². The fraction of sp³-hybridized carbons (Fsp3) is 0.444. The minimum absolute atomic E-state index is 0.157. The highest BCUT2D eigenvalue weighted by molar-refractivity contribution is 5.81. The second kappa shape index (κ2) is 8.98. The van der Waals surface area contributed by atoms with E-state index in [0.717, 1.165) is 30.9 Å². The Hall–Kier alpha value is -2.90. The van der Waals surface area contributed by atoms with E-state index in [4.69, 9.17) is 0 Å². The van der Waals surface area contributed by atoms with Crippen molar-refractivity contribution in [1.29, 1.82) is 0 Å². The van der Waals surface area contributed by atoms with Crippen LogP contribution in [0.1, 0.15) is 25.6 Å². The molecule has 0 unspecified atom stereocenters. The van der Waals surface area contributed by atoms with Gasteiger partial charge >= 0.3 is 0 Å². The van der Waals surface area contributed by atoms with Crippen LogP contribution in [0.2, 0.25) is 0 Å². The molecule has 0 bridgehead atoms. The molecule has 3 rings (SSSR count). The lowest BCUT2D eigenvalue weighted by molar-refractivity contribution is -0.122. The van der Waals surface area contributed by atoms with Gasteiger partial charge in [0.1, 0.15) is 12.9 Å². The molecule has 1 aliphatic rings. The number of carbonyl (C=O) groups excluding carboxylic acids is 1. The number of hydrogen-bond acceptors (Lipinski definition) is 4. The van der Waals surface area contributed by atoms with E-state index in [1.807, 2.05) is 41.8 Å². The molecule has 2 aromatic rings. The topological polar surface area (TPSA) is 96.2 Å². The third-order valence-corrected chi connectivity index (χ3v) is 4.04. The van der Waals surface area contributed by atoms with E-state index in [1.165, 1.54) is 0 Å². The Bertz CT molecular complexity index is 737. The Labute approximate surface area is 153 Å². The van der Waals surface area contributed by atoms with E-state index in [2.05, 4.69) is 31.1 Å². The summed E-state index contributed by atoms with van der Waals surface area (Å²) in [6.45, 7) is 4.37. The van der Waals surface area contributed by atoms with E-state index in [0.29, 0.717) is 25.6 Å². The van der Waals surface area contributed by atoms with E-state index >= 15 is 0 Å². The molecule has 0 radical (unpaired) electrons. The largest absolute Gasteiger partial charge is 0.357 e. The lowest BCUT2D eigenvalue weighted by Crippen LogP contribution is -2.41.